The second-order valence-electron chi connectivity index (χ2n) is 10.3. The van der Waals surface area contributed by atoms with Gasteiger partial charge in [0.25, 0.3) is 5.91 Å². The molecule has 5 nitrogen and oxygen atoms in total. The largest absolute Gasteiger partial charge is 0.483 e. The van der Waals surface area contributed by atoms with Crippen LogP contribution >= 0.6 is 23.2 Å². The van der Waals surface area contributed by atoms with E-state index in [9.17, 15) is 9.59 Å². The number of rotatable bonds is 8. The van der Waals surface area contributed by atoms with Crippen LogP contribution in [0.1, 0.15) is 70.9 Å². The summed E-state index contributed by atoms with van der Waals surface area (Å²) in [4.78, 5) is 28.1. The van der Waals surface area contributed by atoms with Crippen molar-refractivity contribution in [3.63, 3.8) is 0 Å². The highest BCUT2D eigenvalue weighted by Gasteiger charge is 2.30. The molecule has 2 aromatic carbocycles. The molecule has 0 saturated heterocycles. The maximum absolute atomic E-state index is 13.5. The van der Waals surface area contributed by atoms with E-state index < -0.39 is 6.04 Å². The summed E-state index contributed by atoms with van der Waals surface area (Å²) in [5, 5.41) is 4.04. The molecule has 1 aliphatic rings. The normalized spacial score (nSPS) is 15.4. The fourth-order valence-corrected chi connectivity index (χ4v) is 4.96. The van der Waals surface area contributed by atoms with Gasteiger partial charge in [0, 0.05) is 28.2 Å². The SMILES string of the molecule is C[C@@H](C(=O)NC1CCCCC1)N(Cc1c(Cl)cccc1Cl)C(=O)COc1ccccc1C(C)(C)C. The molecule has 0 bridgehead atoms. The fraction of sp³-hybridized carbons (Fsp3) is 0.500. The fourth-order valence-electron chi connectivity index (χ4n) is 4.44. The van der Waals surface area contributed by atoms with Gasteiger partial charge in [-0.15, -0.1) is 0 Å². The van der Waals surface area contributed by atoms with Gasteiger partial charge in [0.05, 0.1) is 0 Å². The number of carbonyl (C=O) groups excluding carboxylic acids is 2. The number of benzene rings is 2. The second kappa shape index (κ2) is 12.1. The Morgan fingerprint density at radius 1 is 1.03 bits per heavy atom. The van der Waals surface area contributed by atoms with Crippen LogP contribution in [0.15, 0.2) is 42.5 Å². The van der Waals surface area contributed by atoms with Gasteiger partial charge in [0.15, 0.2) is 6.61 Å². The molecule has 1 fully saturated rings. The molecule has 0 radical (unpaired) electrons. The molecule has 0 heterocycles. The van der Waals surface area contributed by atoms with Crippen molar-refractivity contribution in [3.8, 4) is 5.75 Å². The van der Waals surface area contributed by atoms with Crippen LogP contribution in [-0.4, -0.2) is 35.4 Å². The molecule has 1 N–H and O–H groups in total. The zero-order valence-corrected chi connectivity index (χ0v) is 22.6. The van der Waals surface area contributed by atoms with Gasteiger partial charge in [-0.05, 0) is 48.9 Å². The van der Waals surface area contributed by atoms with Crippen molar-refractivity contribution in [1.29, 1.82) is 0 Å². The minimum atomic E-state index is -0.710. The Balaban J connectivity index is 1.80. The molecular weight excluding hydrogens is 483 g/mol. The molecule has 1 saturated carbocycles. The molecule has 0 unspecified atom stereocenters. The number of nitrogens with zero attached hydrogens (tertiary/aromatic N) is 1. The van der Waals surface area contributed by atoms with Crippen molar-refractivity contribution in [2.45, 2.75) is 83.8 Å². The first-order chi connectivity index (χ1) is 16.6. The highest BCUT2D eigenvalue weighted by Crippen LogP contribution is 2.31. The molecule has 7 heteroatoms. The predicted molar refractivity (Wildman–Crippen MR) is 142 cm³/mol. The summed E-state index contributed by atoms with van der Waals surface area (Å²) in [5.74, 6) is 0.169. The van der Waals surface area contributed by atoms with Gasteiger partial charge in [-0.25, -0.2) is 0 Å². The van der Waals surface area contributed by atoms with Gasteiger partial charge in [-0.1, -0.05) is 87.5 Å². The van der Waals surface area contributed by atoms with E-state index in [2.05, 4.69) is 26.1 Å². The molecule has 35 heavy (non-hydrogen) atoms. The molecule has 2 amide bonds. The third-order valence-corrected chi connectivity index (χ3v) is 7.26. The lowest BCUT2D eigenvalue weighted by atomic mass is 9.86. The number of nitrogens with one attached hydrogen (secondary N) is 1. The van der Waals surface area contributed by atoms with Crippen molar-refractivity contribution in [2.75, 3.05) is 6.61 Å². The number of hydrogen-bond donors (Lipinski definition) is 1. The van der Waals surface area contributed by atoms with Crippen LogP contribution in [0.2, 0.25) is 10.0 Å². The number of para-hydroxylation sites is 1. The summed E-state index contributed by atoms with van der Waals surface area (Å²) in [7, 11) is 0. The van der Waals surface area contributed by atoms with Crippen LogP contribution < -0.4 is 10.1 Å². The lowest BCUT2D eigenvalue weighted by molar-refractivity contribution is -0.142. The van der Waals surface area contributed by atoms with Crippen LogP contribution in [0.5, 0.6) is 5.75 Å². The summed E-state index contributed by atoms with van der Waals surface area (Å²) in [6.07, 6.45) is 5.35. The third-order valence-electron chi connectivity index (χ3n) is 6.56. The van der Waals surface area contributed by atoms with Crippen LogP contribution in [0.4, 0.5) is 0 Å². The topological polar surface area (TPSA) is 58.6 Å². The summed E-state index contributed by atoms with van der Waals surface area (Å²) in [6, 6.07) is 12.4. The number of halogens is 2. The highest BCUT2D eigenvalue weighted by molar-refractivity contribution is 6.36. The van der Waals surface area contributed by atoms with Crippen LogP contribution in [-0.2, 0) is 21.5 Å². The van der Waals surface area contributed by atoms with Crippen molar-refractivity contribution in [2.24, 2.45) is 0 Å². The highest BCUT2D eigenvalue weighted by atomic mass is 35.5. The van der Waals surface area contributed by atoms with E-state index in [4.69, 9.17) is 27.9 Å². The van der Waals surface area contributed by atoms with E-state index in [1.54, 1.807) is 25.1 Å². The molecule has 1 atom stereocenters. The average Bonchev–Trinajstić information content (AvgIpc) is 2.82. The van der Waals surface area contributed by atoms with Gasteiger partial charge >= 0.3 is 0 Å². The third kappa shape index (κ3) is 7.37. The Kier molecular flexibility index (Phi) is 9.48. The van der Waals surface area contributed by atoms with E-state index in [1.165, 1.54) is 11.3 Å². The van der Waals surface area contributed by atoms with E-state index in [-0.39, 0.29) is 36.4 Å². The molecule has 0 aliphatic heterocycles. The van der Waals surface area contributed by atoms with Gasteiger partial charge in [0.2, 0.25) is 5.91 Å². The Morgan fingerprint density at radius 3 is 2.29 bits per heavy atom. The lowest BCUT2D eigenvalue weighted by Crippen LogP contribution is -2.51. The molecule has 2 aromatic rings. The minimum Gasteiger partial charge on any atom is -0.483 e. The number of amides is 2. The quantitative estimate of drug-likeness (QED) is 0.431. The lowest BCUT2D eigenvalue weighted by Gasteiger charge is -2.32. The Hall–Kier alpha value is -2.24. The van der Waals surface area contributed by atoms with Gasteiger partial charge in [-0.3, -0.25) is 9.59 Å². The van der Waals surface area contributed by atoms with Gasteiger partial charge < -0.3 is 15.0 Å². The van der Waals surface area contributed by atoms with E-state index in [1.807, 2.05) is 24.3 Å². The maximum Gasteiger partial charge on any atom is 0.261 e. The van der Waals surface area contributed by atoms with Crippen molar-refractivity contribution in [1.82, 2.24) is 10.2 Å². The van der Waals surface area contributed by atoms with Crippen LogP contribution in [0.3, 0.4) is 0 Å². The molecule has 0 aromatic heterocycles. The Bertz CT molecular complexity index is 1010. The number of carbonyl (C=O) groups is 2. The Morgan fingerprint density at radius 2 is 1.66 bits per heavy atom. The molecule has 190 valence electrons. The summed E-state index contributed by atoms with van der Waals surface area (Å²) >= 11 is 12.8. The summed E-state index contributed by atoms with van der Waals surface area (Å²) in [6.45, 7) is 7.95. The molecule has 0 spiro atoms. The van der Waals surface area contributed by atoms with Crippen molar-refractivity contribution >= 4 is 35.0 Å². The second-order valence-corrected chi connectivity index (χ2v) is 11.1. The first-order valence-corrected chi connectivity index (χ1v) is 13.1. The first-order valence-electron chi connectivity index (χ1n) is 12.3. The van der Waals surface area contributed by atoms with E-state index in [0.29, 0.717) is 21.4 Å². The molecule has 1 aliphatic carbocycles. The van der Waals surface area contributed by atoms with E-state index in [0.717, 1.165) is 31.2 Å². The smallest absolute Gasteiger partial charge is 0.261 e. The average molecular weight is 520 g/mol. The standard InChI is InChI=1S/C28H36Cl2N2O3/c1-19(27(34)31-20-11-6-5-7-12-20)32(17-21-23(29)14-10-15-24(21)30)26(33)18-35-25-16-9-8-13-22(25)28(2,3)4/h8-10,13-16,19-20H,5-7,11-12,17-18H2,1-4H3,(H,31,34)/t19-/m0/s1. The van der Waals surface area contributed by atoms with Gasteiger partial charge in [-0.2, -0.15) is 0 Å². The zero-order chi connectivity index (χ0) is 25.6. The molecule has 3 rings (SSSR count). The summed E-state index contributed by atoms with van der Waals surface area (Å²) in [5.41, 5.74) is 1.48. The number of hydrogen-bond acceptors (Lipinski definition) is 3. The molecular formula is C28H36Cl2N2O3. The van der Waals surface area contributed by atoms with E-state index >= 15 is 0 Å². The maximum atomic E-state index is 13.5. The summed E-state index contributed by atoms with van der Waals surface area (Å²) < 4.78 is 6.00. The Labute approximate surface area is 219 Å². The number of ether oxygens (including phenoxy) is 1. The van der Waals surface area contributed by atoms with Gasteiger partial charge in [0.1, 0.15) is 11.8 Å². The van der Waals surface area contributed by atoms with Crippen LogP contribution in [0.25, 0.3) is 0 Å². The van der Waals surface area contributed by atoms with Crippen molar-refractivity contribution < 1.29 is 14.3 Å². The monoisotopic (exact) mass is 518 g/mol. The first kappa shape index (κ1) is 27.3. The predicted octanol–water partition coefficient (Wildman–Crippen LogP) is 6.54. The van der Waals surface area contributed by atoms with Crippen molar-refractivity contribution in [3.05, 3.63) is 63.6 Å². The zero-order valence-electron chi connectivity index (χ0n) is 21.1. The minimum absolute atomic E-state index is 0.112. The van der Waals surface area contributed by atoms with Crippen LogP contribution in [0, 0.1) is 0 Å².